The average Bonchev–Trinajstić information content (AvgIpc) is 2.77. The summed E-state index contributed by atoms with van der Waals surface area (Å²) in [6, 6.07) is 9.75. The minimum absolute atomic E-state index is 0.333. The van der Waals surface area contributed by atoms with E-state index >= 15 is 0 Å². The Morgan fingerprint density at radius 2 is 2.00 bits per heavy atom. The molecule has 1 aromatic carbocycles. The van der Waals surface area contributed by atoms with E-state index in [1.54, 1.807) is 17.3 Å². The fraction of sp³-hybridized carbons (Fsp3) is 0.133. The van der Waals surface area contributed by atoms with Crippen molar-refractivity contribution in [1.29, 1.82) is 0 Å². The summed E-state index contributed by atoms with van der Waals surface area (Å²) in [5, 5.41) is 2.95. The Labute approximate surface area is 110 Å². The van der Waals surface area contributed by atoms with Gasteiger partial charge >= 0.3 is 0 Å². The van der Waals surface area contributed by atoms with E-state index in [4.69, 9.17) is 0 Å². The first-order valence-electron chi connectivity index (χ1n) is 6.08. The van der Waals surface area contributed by atoms with Gasteiger partial charge in [0.2, 0.25) is 0 Å². The molecule has 3 nitrogen and oxygen atoms in total. The van der Waals surface area contributed by atoms with Crippen LogP contribution in [0, 0.1) is 12.7 Å². The van der Waals surface area contributed by atoms with Crippen LogP contribution in [0.15, 0.2) is 48.9 Å². The molecule has 2 aromatic heterocycles. The van der Waals surface area contributed by atoms with Crippen LogP contribution in [0.2, 0.25) is 0 Å². The molecular formula is C15H14FN3. The fourth-order valence-electron chi connectivity index (χ4n) is 2.32. The maximum atomic E-state index is 13.8. The van der Waals surface area contributed by atoms with Crippen LogP contribution in [0.5, 0.6) is 0 Å². The second-order valence-electron chi connectivity index (χ2n) is 4.52. The van der Waals surface area contributed by atoms with E-state index in [0.29, 0.717) is 5.69 Å². The van der Waals surface area contributed by atoms with Gasteiger partial charge in [-0.2, -0.15) is 0 Å². The molecule has 0 amide bonds. The van der Waals surface area contributed by atoms with Gasteiger partial charge in [0, 0.05) is 24.8 Å². The SMILES string of the molecule is Cc1cn(N(C)c2ccncc2F)c2ccccc12. The molecule has 3 rings (SSSR count). The molecule has 0 atom stereocenters. The number of aryl methyl sites for hydroxylation is 1. The maximum absolute atomic E-state index is 13.8. The van der Waals surface area contributed by atoms with Crippen LogP contribution in [0.25, 0.3) is 10.9 Å². The highest BCUT2D eigenvalue weighted by atomic mass is 19.1. The number of halogens is 1. The van der Waals surface area contributed by atoms with Crippen molar-refractivity contribution in [3.05, 3.63) is 60.3 Å². The smallest absolute Gasteiger partial charge is 0.166 e. The highest BCUT2D eigenvalue weighted by Crippen LogP contribution is 2.24. The van der Waals surface area contributed by atoms with Gasteiger partial charge in [-0.25, -0.2) is 4.39 Å². The zero-order valence-corrected chi connectivity index (χ0v) is 10.8. The topological polar surface area (TPSA) is 21.1 Å². The van der Waals surface area contributed by atoms with Crippen molar-refractivity contribution in [1.82, 2.24) is 9.66 Å². The van der Waals surface area contributed by atoms with Gasteiger partial charge in [-0.15, -0.1) is 0 Å². The molecular weight excluding hydrogens is 241 g/mol. The summed E-state index contributed by atoms with van der Waals surface area (Å²) in [5.41, 5.74) is 2.71. The lowest BCUT2D eigenvalue weighted by atomic mass is 10.2. The molecule has 0 N–H and O–H groups in total. The molecule has 0 bridgehead atoms. The Morgan fingerprint density at radius 1 is 1.21 bits per heavy atom. The van der Waals surface area contributed by atoms with E-state index in [2.05, 4.69) is 18.0 Å². The van der Waals surface area contributed by atoms with Crippen molar-refractivity contribution < 1.29 is 4.39 Å². The van der Waals surface area contributed by atoms with Gasteiger partial charge in [-0.05, 0) is 24.6 Å². The molecule has 96 valence electrons. The molecule has 0 unspecified atom stereocenters. The molecule has 0 saturated heterocycles. The summed E-state index contributed by atoms with van der Waals surface area (Å²) in [5.74, 6) is -0.333. The largest absolute Gasteiger partial charge is 0.281 e. The quantitative estimate of drug-likeness (QED) is 0.700. The first-order chi connectivity index (χ1) is 9.18. The van der Waals surface area contributed by atoms with Crippen LogP contribution in [-0.2, 0) is 0 Å². The van der Waals surface area contributed by atoms with E-state index in [1.807, 2.05) is 36.1 Å². The number of hydrogen-bond donors (Lipinski definition) is 0. The summed E-state index contributed by atoms with van der Waals surface area (Å²) in [6.45, 7) is 2.05. The van der Waals surface area contributed by atoms with Crippen LogP contribution in [0.4, 0.5) is 10.1 Å². The number of rotatable bonds is 2. The van der Waals surface area contributed by atoms with E-state index in [9.17, 15) is 4.39 Å². The summed E-state index contributed by atoms with van der Waals surface area (Å²) < 4.78 is 15.8. The van der Waals surface area contributed by atoms with Crippen molar-refractivity contribution in [2.75, 3.05) is 12.1 Å². The second-order valence-corrected chi connectivity index (χ2v) is 4.52. The molecule has 0 radical (unpaired) electrons. The van der Waals surface area contributed by atoms with Crippen LogP contribution >= 0.6 is 0 Å². The van der Waals surface area contributed by atoms with Crippen LogP contribution in [-0.4, -0.2) is 16.7 Å². The molecule has 0 saturated carbocycles. The summed E-state index contributed by atoms with van der Waals surface area (Å²) in [6.07, 6.45) is 4.82. The van der Waals surface area contributed by atoms with Crippen molar-refractivity contribution in [3.63, 3.8) is 0 Å². The number of fused-ring (bicyclic) bond motifs is 1. The van der Waals surface area contributed by atoms with Gasteiger partial charge in [0.25, 0.3) is 0 Å². The predicted molar refractivity (Wildman–Crippen MR) is 74.7 cm³/mol. The monoisotopic (exact) mass is 255 g/mol. The number of hydrogen-bond acceptors (Lipinski definition) is 2. The Bertz CT molecular complexity index is 733. The van der Waals surface area contributed by atoms with Crippen molar-refractivity contribution in [2.45, 2.75) is 6.92 Å². The molecule has 4 heteroatoms. The summed E-state index contributed by atoms with van der Waals surface area (Å²) >= 11 is 0. The molecule has 0 aliphatic heterocycles. The van der Waals surface area contributed by atoms with Gasteiger partial charge in [-0.1, -0.05) is 18.2 Å². The minimum Gasteiger partial charge on any atom is -0.281 e. The van der Waals surface area contributed by atoms with Crippen molar-refractivity contribution in [3.8, 4) is 0 Å². The van der Waals surface area contributed by atoms with Crippen molar-refractivity contribution >= 4 is 16.6 Å². The van der Waals surface area contributed by atoms with Gasteiger partial charge in [0.15, 0.2) is 5.82 Å². The van der Waals surface area contributed by atoms with Crippen LogP contribution in [0.1, 0.15) is 5.56 Å². The van der Waals surface area contributed by atoms with Crippen molar-refractivity contribution in [2.24, 2.45) is 0 Å². The van der Waals surface area contributed by atoms with E-state index in [0.717, 1.165) is 11.1 Å². The highest BCUT2D eigenvalue weighted by Gasteiger charge is 2.12. The molecule has 2 heterocycles. The lowest BCUT2D eigenvalue weighted by Crippen LogP contribution is -2.24. The lowest BCUT2D eigenvalue weighted by molar-refractivity contribution is 0.610. The zero-order chi connectivity index (χ0) is 13.4. The summed E-state index contributed by atoms with van der Waals surface area (Å²) in [7, 11) is 1.84. The third-order valence-electron chi connectivity index (χ3n) is 3.31. The van der Waals surface area contributed by atoms with E-state index in [-0.39, 0.29) is 5.82 Å². The molecule has 0 aliphatic carbocycles. The average molecular weight is 255 g/mol. The Balaban J connectivity index is 2.17. The highest BCUT2D eigenvalue weighted by molar-refractivity contribution is 5.84. The van der Waals surface area contributed by atoms with E-state index < -0.39 is 0 Å². The molecule has 19 heavy (non-hydrogen) atoms. The van der Waals surface area contributed by atoms with Gasteiger partial charge in [0.1, 0.15) is 0 Å². The fourth-order valence-corrected chi connectivity index (χ4v) is 2.32. The minimum atomic E-state index is -0.333. The Morgan fingerprint density at radius 3 is 2.79 bits per heavy atom. The Hall–Kier alpha value is -2.36. The van der Waals surface area contributed by atoms with E-state index in [1.165, 1.54) is 11.6 Å². The second kappa shape index (κ2) is 4.39. The third kappa shape index (κ3) is 1.85. The normalized spacial score (nSPS) is 10.9. The number of benzene rings is 1. The lowest BCUT2D eigenvalue weighted by Gasteiger charge is -2.22. The molecule has 0 aliphatic rings. The zero-order valence-electron chi connectivity index (χ0n) is 10.8. The number of para-hydroxylation sites is 1. The van der Waals surface area contributed by atoms with Gasteiger partial charge in [0.05, 0.1) is 17.4 Å². The number of nitrogens with zero attached hydrogens (tertiary/aromatic N) is 3. The Kier molecular flexibility index (Phi) is 2.71. The summed E-state index contributed by atoms with van der Waals surface area (Å²) in [4.78, 5) is 3.78. The maximum Gasteiger partial charge on any atom is 0.166 e. The number of aromatic nitrogens is 2. The van der Waals surface area contributed by atoms with Gasteiger partial charge in [-0.3, -0.25) is 14.7 Å². The van der Waals surface area contributed by atoms with Crippen LogP contribution < -0.4 is 5.01 Å². The third-order valence-corrected chi connectivity index (χ3v) is 3.31. The van der Waals surface area contributed by atoms with Crippen LogP contribution in [0.3, 0.4) is 0 Å². The molecule has 0 spiro atoms. The van der Waals surface area contributed by atoms with Gasteiger partial charge < -0.3 is 0 Å². The standard InChI is InChI=1S/C15H14FN3/c1-11-10-19(14-6-4-3-5-12(11)14)18(2)15-7-8-17-9-13(15)16/h3-10H,1-2H3. The molecule has 0 fully saturated rings. The first-order valence-corrected chi connectivity index (χ1v) is 6.08. The number of anilines is 1. The number of pyridine rings is 1. The predicted octanol–water partition coefficient (Wildman–Crippen LogP) is 3.38. The first kappa shape index (κ1) is 11.7. The molecule has 3 aromatic rings.